The quantitative estimate of drug-likeness (QED) is 0.776. The molecule has 1 aliphatic rings. The molecule has 2 heterocycles. The zero-order valence-corrected chi connectivity index (χ0v) is 14.3. The third-order valence-corrected chi connectivity index (χ3v) is 4.86. The topological polar surface area (TPSA) is 77.2 Å². The molecule has 0 spiro atoms. The number of hydrogen-bond donors (Lipinski definition) is 1. The molecule has 0 atom stereocenters. The molecule has 3 rings (SSSR count). The van der Waals surface area contributed by atoms with Crippen molar-refractivity contribution in [2.75, 3.05) is 19.0 Å². The van der Waals surface area contributed by atoms with Gasteiger partial charge in [-0.25, -0.2) is 0 Å². The molecule has 7 heteroatoms. The smallest absolute Gasteiger partial charge is 0.246 e. The van der Waals surface area contributed by atoms with Crippen LogP contribution in [0.25, 0.3) is 0 Å². The van der Waals surface area contributed by atoms with Gasteiger partial charge in [0.1, 0.15) is 0 Å². The Kier molecular flexibility index (Phi) is 6.26. The van der Waals surface area contributed by atoms with E-state index in [1.165, 1.54) is 4.90 Å². The zero-order valence-electron chi connectivity index (χ0n) is 13.4. The number of carbonyl (C=O) groups is 1. The Morgan fingerprint density at radius 1 is 1.25 bits per heavy atom. The Morgan fingerprint density at radius 2 is 2.04 bits per heavy atom. The first-order chi connectivity index (χ1) is 11.8. The highest BCUT2D eigenvalue weighted by Crippen LogP contribution is 2.24. The second-order valence-corrected chi connectivity index (χ2v) is 6.79. The van der Waals surface area contributed by atoms with Crippen LogP contribution in [0.4, 0.5) is 0 Å². The average Bonchev–Trinajstić information content (AvgIpc) is 3.11. The summed E-state index contributed by atoms with van der Waals surface area (Å²) in [5, 5.41) is 6.85. The summed E-state index contributed by atoms with van der Waals surface area (Å²) < 4.78 is 10.6. The van der Waals surface area contributed by atoms with Gasteiger partial charge in [0.25, 0.3) is 0 Å². The summed E-state index contributed by atoms with van der Waals surface area (Å²) in [5.41, 5.74) is 0. The maximum absolute atomic E-state index is 11.9. The van der Waals surface area contributed by atoms with Crippen molar-refractivity contribution in [3.8, 4) is 0 Å². The van der Waals surface area contributed by atoms with Crippen LogP contribution in [-0.4, -0.2) is 35.0 Å². The van der Waals surface area contributed by atoms with Crippen LogP contribution in [0.3, 0.4) is 0 Å². The lowest BCUT2D eigenvalue weighted by atomic mass is 10.00. The van der Waals surface area contributed by atoms with Crippen LogP contribution < -0.4 is 5.32 Å². The fraction of sp³-hybridized carbons (Fsp3) is 0.471. The van der Waals surface area contributed by atoms with Crippen molar-refractivity contribution in [2.45, 2.75) is 36.6 Å². The molecular formula is C17H21N3O3S. The second kappa shape index (κ2) is 8.84. The van der Waals surface area contributed by atoms with Crippen molar-refractivity contribution in [1.82, 2.24) is 15.5 Å². The van der Waals surface area contributed by atoms with Crippen LogP contribution >= 0.6 is 11.8 Å². The van der Waals surface area contributed by atoms with Crippen LogP contribution in [0, 0.1) is 0 Å². The van der Waals surface area contributed by atoms with E-state index < -0.39 is 0 Å². The van der Waals surface area contributed by atoms with Crippen molar-refractivity contribution < 1.29 is 14.1 Å². The number of aromatic nitrogens is 2. The number of rotatable bonds is 7. The summed E-state index contributed by atoms with van der Waals surface area (Å²) in [7, 11) is 0. The molecule has 0 radical (unpaired) electrons. The third kappa shape index (κ3) is 5.07. The number of nitrogens with zero attached hydrogens (tertiary/aromatic N) is 2. The van der Waals surface area contributed by atoms with E-state index >= 15 is 0 Å². The second-order valence-electron chi connectivity index (χ2n) is 5.62. The van der Waals surface area contributed by atoms with Crippen LogP contribution in [0.2, 0.25) is 0 Å². The van der Waals surface area contributed by atoms with Gasteiger partial charge < -0.3 is 14.6 Å². The van der Waals surface area contributed by atoms with Crippen molar-refractivity contribution in [2.24, 2.45) is 0 Å². The van der Waals surface area contributed by atoms with Crippen LogP contribution in [0.15, 0.2) is 39.8 Å². The minimum atomic E-state index is -0.00996. The van der Waals surface area contributed by atoms with E-state index in [0.717, 1.165) is 37.6 Å². The molecule has 1 N–H and O–H groups in total. The lowest BCUT2D eigenvalue weighted by molar-refractivity contribution is -0.120. The summed E-state index contributed by atoms with van der Waals surface area (Å²) >= 11 is 1.67. The van der Waals surface area contributed by atoms with Crippen molar-refractivity contribution >= 4 is 17.7 Å². The molecule has 1 aromatic heterocycles. The Morgan fingerprint density at radius 3 is 2.83 bits per heavy atom. The largest absolute Gasteiger partial charge is 0.381 e. The fourth-order valence-electron chi connectivity index (χ4n) is 2.50. The lowest BCUT2D eigenvalue weighted by Gasteiger charge is -2.18. The number of nitrogens with one attached hydrogen (secondary N) is 1. The van der Waals surface area contributed by atoms with Crippen molar-refractivity contribution in [3.05, 3.63) is 42.0 Å². The van der Waals surface area contributed by atoms with Gasteiger partial charge in [0, 0.05) is 36.2 Å². The molecule has 6 nitrogen and oxygen atoms in total. The minimum absolute atomic E-state index is 0.00996. The van der Waals surface area contributed by atoms with Gasteiger partial charge >= 0.3 is 0 Å². The molecule has 0 bridgehead atoms. The van der Waals surface area contributed by atoms with Gasteiger partial charge in [0.05, 0.1) is 6.54 Å². The molecule has 0 unspecified atom stereocenters. The van der Waals surface area contributed by atoms with Crippen LogP contribution in [-0.2, 0) is 16.1 Å². The molecule has 24 heavy (non-hydrogen) atoms. The molecule has 1 aromatic carbocycles. The number of thioether (sulfide) groups is 1. The van der Waals surface area contributed by atoms with Crippen LogP contribution in [0.1, 0.15) is 36.9 Å². The van der Waals surface area contributed by atoms with Gasteiger partial charge in [0.15, 0.2) is 5.82 Å². The summed E-state index contributed by atoms with van der Waals surface area (Å²) in [6, 6.07) is 10.1. The highest BCUT2D eigenvalue weighted by atomic mass is 32.2. The van der Waals surface area contributed by atoms with Gasteiger partial charge in [-0.3, -0.25) is 4.79 Å². The predicted octanol–water partition coefficient (Wildman–Crippen LogP) is 2.76. The average molecular weight is 347 g/mol. The Balaban J connectivity index is 1.37. The summed E-state index contributed by atoms with van der Waals surface area (Å²) in [4.78, 5) is 17.4. The van der Waals surface area contributed by atoms with E-state index in [9.17, 15) is 4.79 Å². The Labute approximate surface area is 145 Å². The zero-order chi connectivity index (χ0) is 16.6. The number of amides is 1. The first-order valence-electron chi connectivity index (χ1n) is 8.16. The van der Waals surface area contributed by atoms with Gasteiger partial charge in [-0.1, -0.05) is 23.4 Å². The van der Waals surface area contributed by atoms with Gasteiger partial charge in [-0.2, -0.15) is 4.98 Å². The number of carbonyl (C=O) groups excluding carboxylic acids is 1. The first kappa shape index (κ1) is 17.0. The van der Waals surface area contributed by atoms with Crippen molar-refractivity contribution in [3.63, 3.8) is 0 Å². The molecule has 1 saturated heterocycles. The minimum Gasteiger partial charge on any atom is -0.381 e. The van der Waals surface area contributed by atoms with Gasteiger partial charge in [0.2, 0.25) is 11.8 Å². The van der Waals surface area contributed by atoms with E-state index in [1.807, 2.05) is 30.3 Å². The molecule has 1 amide bonds. The number of benzene rings is 1. The maximum Gasteiger partial charge on any atom is 0.246 e. The Hall–Kier alpha value is -1.86. The number of ether oxygens (including phenoxy) is 1. The van der Waals surface area contributed by atoms with E-state index in [4.69, 9.17) is 9.26 Å². The first-order valence-corrected chi connectivity index (χ1v) is 9.14. The standard InChI is InChI=1S/C17H21N3O3S/c21-15(8-11-24-14-4-2-1-3-5-14)18-12-16-19-17(20-23-16)13-6-9-22-10-7-13/h1-5,13H,6-12H2,(H,18,21). The Bertz CT molecular complexity index is 642. The normalized spacial score (nSPS) is 15.3. The molecular weight excluding hydrogens is 326 g/mol. The SMILES string of the molecule is O=C(CCSc1ccccc1)NCc1nc(C2CCOCC2)no1. The summed E-state index contributed by atoms with van der Waals surface area (Å²) in [6.45, 7) is 1.76. The predicted molar refractivity (Wildman–Crippen MR) is 90.7 cm³/mol. The third-order valence-electron chi connectivity index (χ3n) is 3.85. The maximum atomic E-state index is 11.9. The summed E-state index contributed by atoms with van der Waals surface area (Å²) in [6.07, 6.45) is 2.30. The number of hydrogen-bond acceptors (Lipinski definition) is 6. The molecule has 1 fully saturated rings. The molecule has 1 aliphatic heterocycles. The fourth-order valence-corrected chi connectivity index (χ4v) is 3.38. The van der Waals surface area contributed by atoms with E-state index in [2.05, 4.69) is 15.5 Å². The molecule has 128 valence electrons. The van der Waals surface area contributed by atoms with E-state index in [0.29, 0.717) is 18.2 Å². The summed E-state index contributed by atoms with van der Waals surface area (Å²) in [5.74, 6) is 2.22. The lowest BCUT2D eigenvalue weighted by Crippen LogP contribution is -2.23. The highest BCUT2D eigenvalue weighted by molar-refractivity contribution is 7.99. The van der Waals surface area contributed by atoms with Gasteiger partial charge in [-0.05, 0) is 25.0 Å². The van der Waals surface area contributed by atoms with Crippen molar-refractivity contribution in [1.29, 1.82) is 0 Å². The molecule has 0 saturated carbocycles. The van der Waals surface area contributed by atoms with Crippen LogP contribution in [0.5, 0.6) is 0 Å². The highest BCUT2D eigenvalue weighted by Gasteiger charge is 2.21. The molecule has 2 aromatic rings. The van der Waals surface area contributed by atoms with Gasteiger partial charge in [-0.15, -0.1) is 11.8 Å². The monoisotopic (exact) mass is 347 g/mol. The van der Waals surface area contributed by atoms with E-state index in [-0.39, 0.29) is 12.5 Å². The van der Waals surface area contributed by atoms with E-state index in [1.54, 1.807) is 11.8 Å². The molecule has 0 aliphatic carbocycles.